The Morgan fingerprint density at radius 3 is 2.44 bits per heavy atom. The third-order valence-electron chi connectivity index (χ3n) is 1.86. The second-order valence-electron chi connectivity index (χ2n) is 2.64. The molecule has 1 aliphatic rings. The first-order chi connectivity index (χ1) is 4.33. The maximum absolute atomic E-state index is 10.1. The summed E-state index contributed by atoms with van der Waals surface area (Å²) in [5, 5.41) is 0. The predicted octanol–water partition coefficient (Wildman–Crippen LogP) is 1.84. The molecule has 0 saturated heterocycles. The maximum Gasteiger partial charge on any atom is 0.201 e. The Morgan fingerprint density at radius 1 is 1.44 bits per heavy atom. The SMILES string of the molecule is C=C1CCC([C]=O)CC1. The molecule has 0 unspecified atom stereocenters. The van der Waals surface area contributed by atoms with Crippen molar-refractivity contribution in [2.75, 3.05) is 0 Å². The van der Waals surface area contributed by atoms with Crippen molar-refractivity contribution >= 4 is 6.29 Å². The maximum atomic E-state index is 10.1. The van der Waals surface area contributed by atoms with Crippen molar-refractivity contribution in [3.8, 4) is 0 Å². The van der Waals surface area contributed by atoms with Crippen LogP contribution in [0, 0.1) is 5.92 Å². The van der Waals surface area contributed by atoms with Crippen molar-refractivity contribution in [1.82, 2.24) is 0 Å². The Labute approximate surface area is 55.8 Å². The molecule has 49 valence electrons. The van der Waals surface area contributed by atoms with Crippen molar-refractivity contribution in [3.63, 3.8) is 0 Å². The van der Waals surface area contributed by atoms with E-state index in [0.717, 1.165) is 25.7 Å². The van der Waals surface area contributed by atoms with Gasteiger partial charge in [-0.1, -0.05) is 12.2 Å². The van der Waals surface area contributed by atoms with Crippen LogP contribution >= 0.6 is 0 Å². The van der Waals surface area contributed by atoms with Crippen LogP contribution in [0.15, 0.2) is 12.2 Å². The Balaban J connectivity index is 2.34. The summed E-state index contributed by atoms with van der Waals surface area (Å²) in [5.74, 6) is 0.204. The quantitative estimate of drug-likeness (QED) is 0.486. The molecule has 0 N–H and O–H groups in total. The van der Waals surface area contributed by atoms with E-state index < -0.39 is 0 Å². The molecule has 1 aliphatic carbocycles. The highest BCUT2D eigenvalue weighted by atomic mass is 16.1. The van der Waals surface area contributed by atoms with Gasteiger partial charge in [0.2, 0.25) is 6.29 Å². The van der Waals surface area contributed by atoms with Crippen LogP contribution in [0.4, 0.5) is 0 Å². The van der Waals surface area contributed by atoms with Gasteiger partial charge in [0.05, 0.1) is 0 Å². The fourth-order valence-electron chi connectivity index (χ4n) is 1.14. The van der Waals surface area contributed by atoms with Crippen LogP contribution in [0.25, 0.3) is 0 Å². The van der Waals surface area contributed by atoms with Crippen molar-refractivity contribution in [3.05, 3.63) is 12.2 Å². The molecule has 1 saturated carbocycles. The molecule has 0 aromatic carbocycles. The lowest BCUT2D eigenvalue weighted by Gasteiger charge is -2.16. The van der Waals surface area contributed by atoms with E-state index in [-0.39, 0.29) is 5.92 Å². The molecule has 1 rings (SSSR count). The summed E-state index contributed by atoms with van der Waals surface area (Å²) in [7, 11) is 0. The molecule has 0 aromatic heterocycles. The second kappa shape index (κ2) is 2.81. The van der Waals surface area contributed by atoms with Gasteiger partial charge in [0, 0.05) is 5.92 Å². The molecule has 0 aromatic rings. The second-order valence-corrected chi connectivity index (χ2v) is 2.64. The Hall–Kier alpha value is -0.590. The zero-order valence-electron chi connectivity index (χ0n) is 5.52. The van der Waals surface area contributed by atoms with E-state index in [2.05, 4.69) is 6.58 Å². The molecule has 1 fully saturated rings. The highest BCUT2D eigenvalue weighted by Gasteiger charge is 2.14. The molecule has 0 bridgehead atoms. The summed E-state index contributed by atoms with van der Waals surface area (Å²) in [6.07, 6.45) is 6.04. The minimum atomic E-state index is 0.204. The fraction of sp³-hybridized carbons (Fsp3) is 0.625. The zero-order valence-corrected chi connectivity index (χ0v) is 5.52. The summed E-state index contributed by atoms with van der Waals surface area (Å²) in [4.78, 5) is 10.1. The van der Waals surface area contributed by atoms with Crippen LogP contribution in [0.2, 0.25) is 0 Å². The number of rotatable bonds is 1. The van der Waals surface area contributed by atoms with Crippen molar-refractivity contribution in [2.45, 2.75) is 25.7 Å². The highest BCUT2D eigenvalue weighted by molar-refractivity contribution is 5.54. The average Bonchev–Trinajstić information content (AvgIpc) is 1.90. The summed E-state index contributed by atoms with van der Waals surface area (Å²) in [6, 6.07) is 0. The van der Waals surface area contributed by atoms with E-state index >= 15 is 0 Å². The van der Waals surface area contributed by atoms with Gasteiger partial charge in [0.15, 0.2) is 0 Å². The molecule has 0 heterocycles. The first-order valence-electron chi connectivity index (χ1n) is 3.37. The molecule has 0 atom stereocenters. The minimum Gasteiger partial charge on any atom is -0.291 e. The molecule has 1 heteroatoms. The van der Waals surface area contributed by atoms with Crippen LogP contribution in [-0.4, -0.2) is 6.29 Å². The van der Waals surface area contributed by atoms with Gasteiger partial charge in [-0.25, -0.2) is 0 Å². The van der Waals surface area contributed by atoms with Crippen molar-refractivity contribution in [1.29, 1.82) is 0 Å². The topological polar surface area (TPSA) is 17.1 Å². The van der Waals surface area contributed by atoms with Gasteiger partial charge in [-0.05, 0) is 25.7 Å². The number of hydrogen-bond acceptors (Lipinski definition) is 1. The van der Waals surface area contributed by atoms with Crippen molar-refractivity contribution < 1.29 is 4.79 Å². The van der Waals surface area contributed by atoms with E-state index in [9.17, 15) is 4.79 Å². The van der Waals surface area contributed by atoms with Gasteiger partial charge in [-0.3, -0.25) is 4.79 Å². The van der Waals surface area contributed by atoms with Crippen LogP contribution in [0.1, 0.15) is 25.7 Å². The number of carbonyl (C=O) groups excluding carboxylic acids is 1. The van der Waals surface area contributed by atoms with E-state index in [1.165, 1.54) is 5.57 Å². The van der Waals surface area contributed by atoms with E-state index in [0.29, 0.717) is 0 Å². The lowest BCUT2D eigenvalue weighted by atomic mass is 9.88. The summed E-state index contributed by atoms with van der Waals surface area (Å²) >= 11 is 0. The monoisotopic (exact) mass is 123 g/mol. The Bertz CT molecular complexity index is 117. The first kappa shape index (κ1) is 6.53. The normalized spacial score (nSPS) is 22.0. The van der Waals surface area contributed by atoms with Crippen LogP contribution in [-0.2, 0) is 4.79 Å². The van der Waals surface area contributed by atoms with Crippen molar-refractivity contribution in [2.24, 2.45) is 5.92 Å². The third-order valence-corrected chi connectivity index (χ3v) is 1.86. The first-order valence-corrected chi connectivity index (χ1v) is 3.37. The van der Waals surface area contributed by atoms with Gasteiger partial charge >= 0.3 is 0 Å². The lowest BCUT2D eigenvalue weighted by Crippen LogP contribution is -2.07. The predicted molar refractivity (Wildman–Crippen MR) is 36.8 cm³/mol. The van der Waals surface area contributed by atoms with E-state index in [1.807, 2.05) is 6.29 Å². The Morgan fingerprint density at radius 2 is 2.00 bits per heavy atom. The summed E-state index contributed by atoms with van der Waals surface area (Å²) < 4.78 is 0. The molecule has 9 heavy (non-hydrogen) atoms. The number of allylic oxidation sites excluding steroid dienone is 1. The molecule has 0 aliphatic heterocycles. The van der Waals surface area contributed by atoms with Gasteiger partial charge in [-0.15, -0.1) is 0 Å². The molecule has 0 amide bonds. The fourth-order valence-corrected chi connectivity index (χ4v) is 1.14. The smallest absolute Gasteiger partial charge is 0.201 e. The van der Waals surface area contributed by atoms with E-state index in [1.54, 1.807) is 0 Å². The molecular formula is C8H11O. The van der Waals surface area contributed by atoms with Gasteiger partial charge in [0.25, 0.3) is 0 Å². The molecule has 0 spiro atoms. The Kier molecular flexibility index (Phi) is 2.04. The summed E-state index contributed by atoms with van der Waals surface area (Å²) in [6.45, 7) is 3.85. The van der Waals surface area contributed by atoms with Crippen LogP contribution < -0.4 is 0 Å². The third kappa shape index (κ3) is 1.67. The highest BCUT2D eigenvalue weighted by Crippen LogP contribution is 2.24. The largest absolute Gasteiger partial charge is 0.291 e. The van der Waals surface area contributed by atoms with E-state index in [4.69, 9.17) is 0 Å². The van der Waals surface area contributed by atoms with Gasteiger partial charge in [-0.2, -0.15) is 0 Å². The lowest BCUT2D eigenvalue weighted by molar-refractivity contribution is 0.463. The summed E-state index contributed by atoms with van der Waals surface area (Å²) in [5.41, 5.74) is 1.29. The minimum absolute atomic E-state index is 0.204. The van der Waals surface area contributed by atoms with Crippen LogP contribution in [0.5, 0.6) is 0 Å². The van der Waals surface area contributed by atoms with Crippen LogP contribution in [0.3, 0.4) is 0 Å². The standard InChI is InChI=1S/C8H11O/c1-7-2-4-8(6-9)5-3-7/h8H,1-5H2. The van der Waals surface area contributed by atoms with Gasteiger partial charge in [0.1, 0.15) is 0 Å². The molecular weight excluding hydrogens is 112 g/mol. The van der Waals surface area contributed by atoms with Gasteiger partial charge < -0.3 is 0 Å². The average molecular weight is 123 g/mol. The molecule has 1 nitrogen and oxygen atoms in total. The number of hydrogen-bond donors (Lipinski definition) is 0. The zero-order chi connectivity index (χ0) is 6.69. The molecule has 1 radical (unpaired) electrons.